The lowest BCUT2D eigenvalue weighted by Crippen LogP contribution is -2.09. The second-order valence-electron chi connectivity index (χ2n) is 6.45. The minimum atomic E-state index is -0.161. The molecule has 0 unspecified atom stereocenters. The summed E-state index contributed by atoms with van der Waals surface area (Å²) in [4.78, 5) is 15.9. The van der Waals surface area contributed by atoms with Crippen LogP contribution in [-0.4, -0.2) is 17.6 Å². The summed E-state index contributed by atoms with van der Waals surface area (Å²) in [5.41, 5.74) is 2.88. The van der Waals surface area contributed by atoms with Gasteiger partial charge in [0.15, 0.2) is 11.5 Å². The molecule has 1 aromatic heterocycles. The van der Waals surface area contributed by atoms with Crippen molar-refractivity contribution in [3.8, 4) is 0 Å². The number of fused-ring (bicyclic) bond motifs is 1. The second kappa shape index (κ2) is 6.29. The molecule has 1 aromatic carbocycles. The zero-order chi connectivity index (χ0) is 15.5. The Kier molecular flexibility index (Phi) is 4.66. The van der Waals surface area contributed by atoms with E-state index in [0.29, 0.717) is 19.4 Å². The molecule has 2 rings (SSSR count). The van der Waals surface area contributed by atoms with Gasteiger partial charge in [0, 0.05) is 12.8 Å². The minimum Gasteiger partial charge on any atom is -0.466 e. The SMILES string of the molecule is CCOC(=O)CCc1ccc2oc(CC(C)(C)C)nc2c1. The molecule has 0 aliphatic heterocycles. The number of aryl methyl sites for hydroxylation is 1. The first-order valence-electron chi connectivity index (χ1n) is 7.41. The molecule has 0 spiro atoms. The standard InChI is InChI=1S/C17H23NO3/c1-5-20-16(19)9-7-12-6-8-14-13(10-12)18-15(21-14)11-17(2,3)4/h6,8,10H,5,7,9,11H2,1-4H3. The minimum absolute atomic E-state index is 0.146. The maximum atomic E-state index is 11.4. The van der Waals surface area contributed by atoms with Gasteiger partial charge in [0.1, 0.15) is 5.52 Å². The number of hydrogen-bond donors (Lipinski definition) is 0. The monoisotopic (exact) mass is 289 g/mol. The Morgan fingerprint density at radius 3 is 2.76 bits per heavy atom. The molecule has 0 fully saturated rings. The van der Waals surface area contributed by atoms with E-state index in [1.165, 1.54) is 0 Å². The van der Waals surface area contributed by atoms with E-state index >= 15 is 0 Å². The van der Waals surface area contributed by atoms with E-state index in [1.807, 2.05) is 25.1 Å². The predicted molar refractivity (Wildman–Crippen MR) is 82.1 cm³/mol. The summed E-state index contributed by atoms with van der Waals surface area (Å²) < 4.78 is 10.7. The van der Waals surface area contributed by atoms with E-state index in [4.69, 9.17) is 9.15 Å². The number of aromatic nitrogens is 1. The second-order valence-corrected chi connectivity index (χ2v) is 6.45. The van der Waals surface area contributed by atoms with E-state index < -0.39 is 0 Å². The van der Waals surface area contributed by atoms with Gasteiger partial charge in [0.2, 0.25) is 0 Å². The first kappa shape index (κ1) is 15.5. The number of benzene rings is 1. The maximum Gasteiger partial charge on any atom is 0.306 e. The highest BCUT2D eigenvalue weighted by Crippen LogP contribution is 2.24. The summed E-state index contributed by atoms with van der Waals surface area (Å²) >= 11 is 0. The molecule has 0 radical (unpaired) electrons. The number of nitrogens with zero attached hydrogens (tertiary/aromatic N) is 1. The van der Waals surface area contributed by atoms with Crippen molar-refractivity contribution >= 4 is 17.1 Å². The van der Waals surface area contributed by atoms with Crippen LogP contribution in [0.25, 0.3) is 11.1 Å². The van der Waals surface area contributed by atoms with Gasteiger partial charge >= 0.3 is 5.97 Å². The molecular formula is C17H23NO3. The summed E-state index contributed by atoms with van der Waals surface area (Å²) in [5, 5.41) is 0. The molecule has 21 heavy (non-hydrogen) atoms. The quantitative estimate of drug-likeness (QED) is 0.783. The first-order valence-corrected chi connectivity index (χ1v) is 7.41. The van der Waals surface area contributed by atoms with Crippen molar-refractivity contribution in [2.75, 3.05) is 6.61 Å². The average Bonchev–Trinajstić information content (AvgIpc) is 2.75. The molecule has 0 aliphatic rings. The lowest BCUT2D eigenvalue weighted by molar-refractivity contribution is -0.143. The van der Waals surface area contributed by atoms with Crippen LogP contribution in [0.5, 0.6) is 0 Å². The number of hydrogen-bond acceptors (Lipinski definition) is 4. The number of ether oxygens (including phenoxy) is 1. The third-order valence-electron chi connectivity index (χ3n) is 3.10. The van der Waals surface area contributed by atoms with Crippen LogP contribution in [-0.2, 0) is 22.4 Å². The number of esters is 1. The Balaban J connectivity index is 2.09. The maximum absolute atomic E-state index is 11.4. The highest BCUT2D eigenvalue weighted by atomic mass is 16.5. The van der Waals surface area contributed by atoms with Crippen molar-refractivity contribution < 1.29 is 13.9 Å². The van der Waals surface area contributed by atoms with E-state index in [9.17, 15) is 4.79 Å². The molecule has 0 aliphatic carbocycles. The number of oxazole rings is 1. The summed E-state index contributed by atoms with van der Waals surface area (Å²) in [6.45, 7) is 8.72. The van der Waals surface area contributed by atoms with Crippen molar-refractivity contribution in [2.24, 2.45) is 5.41 Å². The molecule has 114 valence electrons. The van der Waals surface area contributed by atoms with Crippen LogP contribution < -0.4 is 0 Å². The highest BCUT2D eigenvalue weighted by Gasteiger charge is 2.16. The first-order chi connectivity index (χ1) is 9.87. The van der Waals surface area contributed by atoms with E-state index in [0.717, 1.165) is 29.0 Å². The van der Waals surface area contributed by atoms with Gasteiger partial charge in [0.05, 0.1) is 6.61 Å². The molecule has 0 atom stereocenters. The van der Waals surface area contributed by atoms with Gasteiger partial charge in [-0.3, -0.25) is 4.79 Å². The van der Waals surface area contributed by atoms with Crippen LogP contribution in [0.1, 0.15) is 45.6 Å². The van der Waals surface area contributed by atoms with Crippen molar-refractivity contribution in [1.29, 1.82) is 0 Å². The molecule has 1 heterocycles. The van der Waals surface area contributed by atoms with Crippen molar-refractivity contribution in [3.05, 3.63) is 29.7 Å². The summed E-state index contributed by atoms with van der Waals surface area (Å²) in [5.74, 6) is 0.603. The van der Waals surface area contributed by atoms with Crippen molar-refractivity contribution in [2.45, 2.75) is 47.0 Å². The Morgan fingerprint density at radius 2 is 2.10 bits per heavy atom. The lowest BCUT2D eigenvalue weighted by Gasteiger charge is -2.14. The zero-order valence-electron chi connectivity index (χ0n) is 13.2. The lowest BCUT2D eigenvalue weighted by atomic mass is 9.92. The third-order valence-corrected chi connectivity index (χ3v) is 3.10. The Labute approximate surface area is 125 Å². The summed E-state index contributed by atoms with van der Waals surface area (Å²) in [6.07, 6.45) is 1.86. The molecule has 4 heteroatoms. The molecule has 0 amide bonds. The van der Waals surface area contributed by atoms with Crippen LogP contribution in [0, 0.1) is 5.41 Å². The van der Waals surface area contributed by atoms with Gasteiger partial charge in [0.25, 0.3) is 0 Å². The molecule has 2 aromatic rings. The predicted octanol–water partition coefficient (Wildman–Crippen LogP) is 3.91. The normalized spacial score (nSPS) is 11.8. The van der Waals surface area contributed by atoms with Gasteiger partial charge in [-0.2, -0.15) is 0 Å². The Morgan fingerprint density at radius 1 is 1.33 bits per heavy atom. The zero-order valence-corrected chi connectivity index (χ0v) is 13.2. The molecule has 0 N–H and O–H groups in total. The molecule has 0 bridgehead atoms. The number of rotatable bonds is 5. The smallest absolute Gasteiger partial charge is 0.306 e. The van der Waals surface area contributed by atoms with Crippen LogP contribution in [0.2, 0.25) is 0 Å². The fourth-order valence-electron chi connectivity index (χ4n) is 2.19. The molecular weight excluding hydrogens is 266 g/mol. The average molecular weight is 289 g/mol. The molecule has 0 saturated carbocycles. The van der Waals surface area contributed by atoms with Crippen LogP contribution in [0.15, 0.2) is 22.6 Å². The van der Waals surface area contributed by atoms with Crippen molar-refractivity contribution in [3.63, 3.8) is 0 Å². The number of carbonyl (C=O) groups is 1. The van der Waals surface area contributed by atoms with E-state index in [1.54, 1.807) is 0 Å². The Bertz CT molecular complexity index is 622. The van der Waals surface area contributed by atoms with E-state index in [2.05, 4.69) is 25.8 Å². The van der Waals surface area contributed by atoms with Gasteiger partial charge in [-0.1, -0.05) is 26.8 Å². The molecule has 4 nitrogen and oxygen atoms in total. The van der Waals surface area contributed by atoms with E-state index in [-0.39, 0.29) is 11.4 Å². The van der Waals surface area contributed by atoms with Gasteiger partial charge in [-0.25, -0.2) is 4.98 Å². The largest absolute Gasteiger partial charge is 0.466 e. The fourth-order valence-corrected chi connectivity index (χ4v) is 2.19. The Hall–Kier alpha value is -1.84. The summed E-state index contributed by atoms with van der Waals surface area (Å²) in [6, 6.07) is 5.90. The van der Waals surface area contributed by atoms with Crippen LogP contribution in [0.3, 0.4) is 0 Å². The number of carbonyl (C=O) groups excluding carboxylic acids is 1. The van der Waals surface area contributed by atoms with Crippen molar-refractivity contribution in [1.82, 2.24) is 4.98 Å². The highest BCUT2D eigenvalue weighted by molar-refractivity contribution is 5.74. The molecule has 0 saturated heterocycles. The summed E-state index contributed by atoms with van der Waals surface area (Å²) in [7, 11) is 0. The van der Waals surface area contributed by atoms with Gasteiger partial charge < -0.3 is 9.15 Å². The fraction of sp³-hybridized carbons (Fsp3) is 0.529. The topological polar surface area (TPSA) is 52.3 Å². The van der Waals surface area contributed by atoms with Crippen LogP contribution in [0.4, 0.5) is 0 Å². The van der Waals surface area contributed by atoms with Gasteiger partial charge in [-0.15, -0.1) is 0 Å². The third kappa shape index (κ3) is 4.59. The van der Waals surface area contributed by atoms with Crippen LogP contribution >= 0.6 is 0 Å². The van der Waals surface area contributed by atoms with Gasteiger partial charge in [-0.05, 0) is 36.5 Å².